The Bertz CT molecular complexity index is 957. The van der Waals surface area contributed by atoms with Crippen LogP contribution >= 0.6 is 11.3 Å². The summed E-state index contributed by atoms with van der Waals surface area (Å²) in [7, 11) is 0. The van der Waals surface area contributed by atoms with Crippen molar-refractivity contribution in [3.05, 3.63) is 21.7 Å². The van der Waals surface area contributed by atoms with E-state index in [0.717, 1.165) is 35.5 Å². The van der Waals surface area contributed by atoms with E-state index in [1.807, 2.05) is 32.2 Å². The topological polar surface area (TPSA) is 112 Å². The summed E-state index contributed by atoms with van der Waals surface area (Å²) < 4.78 is 6.10. The number of Topliss-reactive ketones (excluding diaryl/α,β-unsaturated/α-hetero) is 1. The number of nitrogens with zero attached hydrogens (tertiary/aromatic N) is 1. The molecule has 0 aromatic carbocycles. The molecule has 2 fully saturated rings. The van der Waals surface area contributed by atoms with Crippen LogP contribution < -0.4 is 5.32 Å². The molecule has 35 heavy (non-hydrogen) atoms. The van der Waals surface area contributed by atoms with Crippen LogP contribution in [0.25, 0.3) is 6.08 Å². The highest BCUT2D eigenvalue weighted by molar-refractivity contribution is 7.09. The molecule has 7 atom stereocenters. The van der Waals surface area contributed by atoms with Crippen LogP contribution in [0.4, 0.5) is 0 Å². The molecule has 1 aromatic rings. The van der Waals surface area contributed by atoms with Gasteiger partial charge < -0.3 is 20.3 Å². The van der Waals surface area contributed by atoms with E-state index in [-0.39, 0.29) is 41.8 Å². The van der Waals surface area contributed by atoms with E-state index in [0.29, 0.717) is 6.42 Å². The molecule has 196 valence electrons. The molecule has 3 heterocycles. The highest BCUT2D eigenvalue weighted by atomic mass is 32.1. The molecule has 2 aliphatic heterocycles. The lowest BCUT2D eigenvalue weighted by molar-refractivity contribution is -0.143. The number of aromatic nitrogens is 1. The van der Waals surface area contributed by atoms with Crippen LogP contribution in [-0.2, 0) is 14.3 Å². The van der Waals surface area contributed by atoms with Crippen LogP contribution in [0, 0.1) is 24.2 Å². The van der Waals surface area contributed by atoms with Gasteiger partial charge >= 0.3 is 0 Å². The largest absolute Gasteiger partial charge is 0.392 e. The number of hydrogen-bond donors (Lipinski definition) is 3. The second-order valence-corrected chi connectivity index (χ2v) is 12.5. The molecule has 3 N–H and O–H groups in total. The molecular formula is C27H42N2O5S. The van der Waals surface area contributed by atoms with Crippen molar-refractivity contribution in [2.45, 2.75) is 111 Å². The highest BCUT2D eigenvalue weighted by Gasteiger charge is 2.52. The summed E-state index contributed by atoms with van der Waals surface area (Å²) in [6.07, 6.45) is 2.99. The molecule has 2 aliphatic rings. The maximum absolute atomic E-state index is 13.2. The summed E-state index contributed by atoms with van der Waals surface area (Å²) in [6, 6.07) is -0.269. The molecule has 0 radical (unpaired) electrons. The normalized spacial score (nSPS) is 37.5. The van der Waals surface area contributed by atoms with Gasteiger partial charge in [0.15, 0.2) is 0 Å². The average molecular weight is 507 g/mol. The Kier molecular flexibility index (Phi) is 8.62. The molecule has 1 aromatic heterocycles. The number of rotatable bonds is 2. The van der Waals surface area contributed by atoms with Gasteiger partial charge in [0, 0.05) is 17.7 Å². The summed E-state index contributed by atoms with van der Waals surface area (Å²) in [6.45, 7) is 13.0. The first-order chi connectivity index (χ1) is 16.2. The minimum absolute atomic E-state index is 0.0170. The van der Waals surface area contributed by atoms with E-state index in [1.165, 1.54) is 0 Å². The molecule has 1 amide bonds. The third kappa shape index (κ3) is 6.59. The maximum Gasteiger partial charge on any atom is 0.223 e. The van der Waals surface area contributed by atoms with Crippen LogP contribution in [0.1, 0.15) is 84.3 Å². The van der Waals surface area contributed by atoms with E-state index in [4.69, 9.17) is 4.74 Å². The summed E-state index contributed by atoms with van der Waals surface area (Å²) in [5, 5.41) is 27.8. The van der Waals surface area contributed by atoms with Gasteiger partial charge in [-0.05, 0) is 51.2 Å². The predicted octanol–water partition coefficient (Wildman–Crippen LogP) is 4.05. The minimum Gasteiger partial charge on any atom is -0.392 e. The predicted molar refractivity (Wildman–Crippen MR) is 138 cm³/mol. The Labute approximate surface area is 213 Å². The number of amides is 1. The van der Waals surface area contributed by atoms with Crippen molar-refractivity contribution >= 4 is 29.1 Å². The Balaban J connectivity index is 1.85. The number of aryl methyl sites for hydroxylation is 1. The van der Waals surface area contributed by atoms with Gasteiger partial charge in [-0.2, -0.15) is 0 Å². The summed E-state index contributed by atoms with van der Waals surface area (Å²) >= 11 is 1.58. The zero-order valence-electron chi connectivity index (χ0n) is 22.1. The molecule has 0 aliphatic carbocycles. The SMILES string of the molecule is C/C(=C\c1csc(C)n1)[C@@H]1C[C@@H]2O[C@]2(C)CCC[C@H](C)[C@@H](O)[C@@H](C)C(=O)C(C)(C)[C@@H](O)CC(=O)N1. The van der Waals surface area contributed by atoms with Crippen molar-refractivity contribution in [3.63, 3.8) is 0 Å². The van der Waals surface area contributed by atoms with Gasteiger partial charge in [-0.15, -0.1) is 11.3 Å². The first-order valence-electron chi connectivity index (χ1n) is 12.7. The van der Waals surface area contributed by atoms with Crippen molar-refractivity contribution in [2.75, 3.05) is 0 Å². The maximum atomic E-state index is 13.2. The number of aliphatic hydroxyl groups is 2. The van der Waals surface area contributed by atoms with Crippen LogP contribution in [0.5, 0.6) is 0 Å². The number of aliphatic hydroxyl groups excluding tert-OH is 2. The van der Waals surface area contributed by atoms with Crippen molar-refractivity contribution in [2.24, 2.45) is 17.3 Å². The Morgan fingerprint density at radius 3 is 2.57 bits per heavy atom. The van der Waals surface area contributed by atoms with E-state index >= 15 is 0 Å². The second-order valence-electron chi connectivity index (χ2n) is 11.4. The van der Waals surface area contributed by atoms with Gasteiger partial charge in [-0.1, -0.05) is 34.1 Å². The fourth-order valence-corrected chi connectivity index (χ4v) is 5.76. The van der Waals surface area contributed by atoms with E-state index in [2.05, 4.69) is 17.2 Å². The van der Waals surface area contributed by atoms with Crippen LogP contribution in [0.2, 0.25) is 0 Å². The Morgan fingerprint density at radius 2 is 1.94 bits per heavy atom. The lowest BCUT2D eigenvalue weighted by atomic mass is 9.72. The van der Waals surface area contributed by atoms with Gasteiger partial charge in [0.05, 0.1) is 52.5 Å². The van der Waals surface area contributed by atoms with Crippen LogP contribution in [0.3, 0.4) is 0 Å². The average Bonchev–Trinajstić information content (AvgIpc) is 3.22. The summed E-state index contributed by atoms with van der Waals surface area (Å²) in [4.78, 5) is 30.8. The standard InChI is InChI=1S/C27H42N2O5S/c1-15-9-8-10-27(7)22(34-27)12-20(16(2)11-19-14-35-18(4)28-19)29-23(31)13-21(30)26(5,6)25(33)17(3)24(15)32/h11,14-15,17,20-22,24,30,32H,8-10,12-13H2,1-7H3,(H,29,31)/b16-11+/t15-,17+,20-,21-,22-,24+,27+/m0/s1. The number of hydrogen-bond acceptors (Lipinski definition) is 7. The number of thiazole rings is 1. The second kappa shape index (κ2) is 10.8. The van der Waals surface area contributed by atoms with Gasteiger partial charge in [-0.25, -0.2) is 4.98 Å². The van der Waals surface area contributed by atoms with Crippen molar-refractivity contribution in [3.8, 4) is 0 Å². The van der Waals surface area contributed by atoms with Crippen molar-refractivity contribution in [1.82, 2.24) is 10.3 Å². The first-order valence-corrected chi connectivity index (χ1v) is 13.6. The zero-order valence-corrected chi connectivity index (χ0v) is 22.9. The number of ketones is 1. The minimum atomic E-state index is -1.17. The number of epoxide rings is 1. The molecule has 2 saturated heterocycles. The van der Waals surface area contributed by atoms with Crippen molar-refractivity contribution < 1.29 is 24.5 Å². The Morgan fingerprint density at radius 1 is 1.26 bits per heavy atom. The number of carbonyl (C=O) groups is 2. The molecule has 8 heteroatoms. The van der Waals surface area contributed by atoms with Gasteiger partial charge in [-0.3, -0.25) is 9.59 Å². The molecule has 3 rings (SSSR count). The number of carbonyl (C=O) groups excluding carboxylic acids is 2. The number of nitrogens with one attached hydrogen (secondary N) is 1. The number of ether oxygens (including phenoxy) is 1. The molecular weight excluding hydrogens is 464 g/mol. The van der Waals surface area contributed by atoms with Crippen molar-refractivity contribution in [1.29, 1.82) is 0 Å². The first kappa shape index (κ1) is 28.0. The fraction of sp³-hybridized carbons (Fsp3) is 0.741. The third-order valence-electron chi connectivity index (χ3n) is 8.07. The lowest BCUT2D eigenvalue weighted by Crippen LogP contribution is -2.47. The van der Waals surface area contributed by atoms with Gasteiger partial charge in [0.1, 0.15) is 5.78 Å². The number of fused-ring (bicyclic) bond motifs is 1. The molecule has 7 nitrogen and oxygen atoms in total. The smallest absolute Gasteiger partial charge is 0.223 e. The highest BCUT2D eigenvalue weighted by Crippen LogP contribution is 2.44. The third-order valence-corrected chi connectivity index (χ3v) is 8.86. The zero-order chi connectivity index (χ0) is 26.1. The molecule has 0 bridgehead atoms. The summed E-state index contributed by atoms with van der Waals surface area (Å²) in [5.41, 5.74) is 0.410. The van der Waals surface area contributed by atoms with E-state index < -0.39 is 23.5 Å². The van der Waals surface area contributed by atoms with Gasteiger partial charge in [0.2, 0.25) is 5.91 Å². The fourth-order valence-electron chi connectivity index (χ4n) is 5.19. The molecule has 0 spiro atoms. The van der Waals surface area contributed by atoms with Gasteiger partial charge in [0.25, 0.3) is 0 Å². The lowest BCUT2D eigenvalue weighted by Gasteiger charge is -2.34. The van der Waals surface area contributed by atoms with Crippen LogP contribution in [-0.4, -0.2) is 56.8 Å². The molecule has 0 saturated carbocycles. The quantitative estimate of drug-likeness (QED) is 0.522. The summed E-state index contributed by atoms with van der Waals surface area (Å²) in [5.74, 6) is -1.24. The van der Waals surface area contributed by atoms with Crippen LogP contribution in [0.15, 0.2) is 11.0 Å². The Hall–Kier alpha value is -1.61. The van der Waals surface area contributed by atoms with E-state index in [9.17, 15) is 19.8 Å². The molecule has 0 unspecified atom stereocenters. The van der Waals surface area contributed by atoms with E-state index in [1.54, 1.807) is 32.1 Å². The monoisotopic (exact) mass is 506 g/mol.